The predicted molar refractivity (Wildman–Crippen MR) is 75.1 cm³/mol. The summed E-state index contributed by atoms with van der Waals surface area (Å²) in [6.07, 6.45) is 0. The van der Waals surface area contributed by atoms with Crippen molar-refractivity contribution < 1.29 is 4.74 Å². The Balaban J connectivity index is 2.31. The molecule has 0 amide bonds. The molecule has 0 heterocycles. The van der Waals surface area contributed by atoms with E-state index in [2.05, 4.69) is 48.0 Å². The zero-order valence-corrected chi connectivity index (χ0v) is 11.6. The van der Waals surface area contributed by atoms with Gasteiger partial charge in [-0.05, 0) is 31.5 Å². The Kier molecular flexibility index (Phi) is 3.85. The van der Waals surface area contributed by atoms with Gasteiger partial charge in [0.25, 0.3) is 0 Å². The maximum atomic E-state index is 5.96. The van der Waals surface area contributed by atoms with Crippen LogP contribution in [0.3, 0.4) is 0 Å². The second-order valence-corrected chi connectivity index (χ2v) is 4.67. The Morgan fingerprint density at radius 1 is 1.00 bits per heavy atom. The molecule has 2 heteroatoms. The minimum atomic E-state index is 0.800. The highest BCUT2D eigenvalue weighted by Gasteiger charge is 2.05. The van der Waals surface area contributed by atoms with Crippen molar-refractivity contribution in [2.75, 3.05) is 0 Å². The quantitative estimate of drug-likeness (QED) is 0.724. The van der Waals surface area contributed by atoms with Crippen LogP contribution >= 0.6 is 15.9 Å². The number of hydrogen-bond acceptors (Lipinski definition) is 1. The third-order valence-corrected chi connectivity index (χ3v) is 3.27. The van der Waals surface area contributed by atoms with Gasteiger partial charge in [0, 0.05) is 10.9 Å². The van der Waals surface area contributed by atoms with Gasteiger partial charge in [0.1, 0.15) is 11.5 Å². The third-order valence-electron chi connectivity index (χ3n) is 2.67. The average molecular weight is 291 g/mol. The van der Waals surface area contributed by atoms with Crippen LogP contribution in [0.1, 0.15) is 16.7 Å². The highest BCUT2D eigenvalue weighted by Crippen LogP contribution is 2.29. The van der Waals surface area contributed by atoms with Crippen molar-refractivity contribution in [3.63, 3.8) is 0 Å². The minimum absolute atomic E-state index is 0.800. The van der Waals surface area contributed by atoms with Gasteiger partial charge in [-0.15, -0.1) is 0 Å². The zero-order valence-electron chi connectivity index (χ0n) is 10.0. The summed E-state index contributed by atoms with van der Waals surface area (Å²) in [6.45, 7) is 4.16. The highest BCUT2D eigenvalue weighted by atomic mass is 79.9. The molecule has 0 aromatic heterocycles. The largest absolute Gasteiger partial charge is 0.457 e. The molecule has 0 saturated carbocycles. The van der Waals surface area contributed by atoms with Crippen molar-refractivity contribution in [1.82, 2.24) is 0 Å². The van der Waals surface area contributed by atoms with Crippen molar-refractivity contribution in [1.29, 1.82) is 0 Å². The van der Waals surface area contributed by atoms with Crippen LogP contribution in [-0.2, 0) is 5.33 Å². The second-order valence-electron chi connectivity index (χ2n) is 4.11. The van der Waals surface area contributed by atoms with Crippen molar-refractivity contribution in [2.45, 2.75) is 19.2 Å². The van der Waals surface area contributed by atoms with Crippen LogP contribution in [0.4, 0.5) is 0 Å². The highest BCUT2D eigenvalue weighted by molar-refractivity contribution is 9.08. The SMILES string of the molecule is Cc1ccc(Oc2ccccc2CBr)c(C)c1. The number of aryl methyl sites for hydroxylation is 2. The molecule has 0 radical (unpaired) electrons. The fourth-order valence-electron chi connectivity index (χ4n) is 1.75. The van der Waals surface area contributed by atoms with Crippen LogP contribution in [0.15, 0.2) is 42.5 Å². The Bertz CT molecular complexity index is 520. The minimum Gasteiger partial charge on any atom is -0.457 e. The van der Waals surface area contributed by atoms with Gasteiger partial charge in [0.15, 0.2) is 0 Å². The molecule has 2 rings (SSSR count). The molecule has 0 N–H and O–H groups in total. The number of halogens is 1. The maximum absolute atomic E-state index is 5.96. The summed E-state index contributed by atoms with van der Waals surface area (Å²) in [7, 11) is 0. The number of benzene rings is 2. The van der Waals surface area contributed by atoms with Gasteiger partial charge in [0.05, 0.1) is 0 Å². The summed E-state index contributed by atoms with van der Waals surface area (Å²) in [5.74, 6) is 1.83. The lowest BCUT2D eigenvalue weighted by Crippen LogP contribution is -1.91. The van der Waals surface area contributed by atoms with Crippen molar-refractivity contribution >= 4 is 15.9 Å². The molecule has 0 unspecified atom stereocenters. The lowest BCUT2D eigenvalue weighted by Gasteiger charge is -2.12. The molecule has 17 heavy (non-hydrogen) atoms. The molecule has 0 atom stereocenters. The third kappa shape index (κ3) is 2.89. The number of ether oxygens (including phenoxy) is 1. The summed E-state index contributed by atoms with van der Waals surface area (Å²) < 4.78 is 5.96. The van der Waals surface area contributed by atoms with Crippen molar-refractivity contribution in [3.8, 4) is 11.5 Å². The van der Waals surface area contributed by atoms with Crippen LogP contribution in [0.25, 0.3) is 0 Å². The van der Waals surface area contributed by atoms with Gasteiger partial charge in [-0.1, -0.05) is 51.8 Å². The lowest BCUT2D eigenvalue weighted by molar-refractivity contribution is 0.475. The fourth-order valence-corrected chi connectivity index (χ4v) is 2.21. The molecule has 0 bridgehead atoms. The molecule has 0 aliphatic heterocycles. The molecular formula is C15H15BrO. The lowest BCUT2D eigenvalue weighted by atomic mass is 10.1. The van der Waals surface area contributed by atoms with Crippen molar-refractivity contribution in [3.05, 3.63) is 59.2 Å². The van der Waals surface area contributed by atoms with Gasteiger partial charge in [-0.3, -0.25) is 0 Å². The summed E-state index contributed by atoms with van der Waals surface area (Å²) in [5.41, 5.74) is 3.57. The first-order valence-electron chi connectivity index (χ1n) is 5.59. The van der Waals surface area contributed by atoms with E-state index in [9.17, 15) is 0 Å². The number of para-hydroxylation sites is 1. The van der Waals surface area contributed by atoms with E-state index in [4.69, 9.17) is 4.74 Å². The van der Waals surface area contributed by atoms with Crippen LogP contribution in [0, 0.1) is 13.8 Å². The van der Waals surface area contributed by atoms with Gasteiger partial charge in [-0.25, -0.2) is 0 Å². The summed E-state index contributed by atoms with van der Waals surface area (Å²) >= 11 is 3.47. The van der Waals surface area contributed by atoms with Crippen LogP contribution in [-0.4, -0.2) is 0 Å². The number of rotatable bonds is 3. The molecule has 0 spiro atoms. The van der Waals surface area contributed by atoms with Gasteiger partial charge >= 0.3 is 0 Å². The first-order valence-corrected chi connectivity index (χ1v) is 6.72. The van der Waals surface area contributed by atoms with Gasteiger partial charge in [-0.2, -0.15) is 0 Å². The maximum Gasteiger partial charge on any atom is 0.131 e. The van der Waals surface area contributed by atoms with E-state index in [1.54, 1.807) is 0 Å². The standard InChI is InChI=1S/C15H15BrO/c1-11-7-8-14(12(2)9-11)17-15-6-4-3-5-13(15)10-16/h3-9H,10H2,1-2H3. The molecule has 1 nitrogen and oxygen atoms in total. The molecule has 2 aromatic rings. The van der Waals surface area contributed by atoms with Crippen LogP contribution in [0.2, 0.25) is 0 Å². The topological polar surface area (TPSA) is 9.23 Å². The Labute approximate surface area is 111 Å². The monoisotopic (exact) mass is 290 g/mol. The predicted octanol–water partition coefficient (Wildman–Crippen LogP) is 4.99. The summed E-state index contributed by atoms with van der Waals surface area (Å²) in [4.78, 5) is 0. The Morgan fingerprint density at radius 2 is 1.76 bits per heavy atom. The van der Waals surface area contributed by atoms with Crippen LogP contribution in [0.5, 0.6) is 11.5 Å². The van der Waals surface area contributed by atoms with E-state index in [1.807, 2.05) is 24.3 Å². The van der Waals surface area contributed by atoms with E-state index in [0.29, 0.717) is 0 Å². The molecular weight excluding hydrogens is 276 g/mol. The summed E-state index contributed by atoms with van der Waals surface area (Å²) in [6, 6.07) is 14.3. The first-order chi connectivity index (χ1) is 8.20. The molecule has 0 saturated heterocycles. The zero-order chi connectivity index (χ0) is 12.3. The molecule has 88 valence electrons. The number of hydrogen-bond donors (Lipinski definition) is 0. The normalized spacial score (nSPS) is 10.3. The Morgan fingerprint density at radius 3 is 2.47 bits per heavy atom. The van der Waals surface area contributed by atoms with Crippen molar-refractivity contribution in [2.24, 2.45) is 0 Å². The van der Waals surface area contributed by atoms with E-state index in [0.717, 1.165) is 28.0 Å². The smallest absolute Gasteiger partial charge is 0.131 e. The summed E-state index contributed by atoms with van der Waals surface area (Å²) in [5, 5.41) is 0.800. The second kappa shape index (κ2) is 5.37. The van der Waals surface area contributed by atoms with Gasteiger partial charge < -0.3 is 4.74 Å². The van der Waals surface area contributed by atoms with Crippen LogP contribution < -0.4 is 4.74 Å². The molecule has 0 aliphatic carbocycles. The number of alkyl halides is 1. The molecule has 2 aromatic carbocycles. The first kappa shape index (κ1) is 12.2. The van der Waals surface area contributed by atoms with E-state index >= 15 is 0 Å². The average Bonchev–Trinajstić information content (AvgIpc) is 2.33. The fraction of sp³-hybridized carbons (Fsp3) is 0.200. The Hall–Kier alpha value is -1.28. The van der Waals surface area contributed by atoms with Gasteiger partial charge in [0.2, 0.25) is 0 Å². The van der Waals surface area contributed by atoms with E-state index < -0.39 is 0 Å². The molecule has 0 aliphatic rings. The van der Waals surface area contributed by atoms with E-state index in [1.165, 1.54) is 5.56 Å². The van der Waals surface area contributed by atoms with E-state index in [-0.39, 0.29) is 0 Å². The molecule has 0 fully saturated rings.